The van der Waals surface area contributed by atoms with Gasteiger partial charge in [0.1, 0.15) is 0 Å². The van der Waals surface area contributed by atoms with E-state index in [1.807, 2.05) is 0 Å². The molecule has 2 aliphatic rings. The Labute approximate surface area is 68.7 Å². The molecule has 0 saturated carbocycles. The summed E-state index contributed by atoms with van der Waals surface area (Å²) >= 11 is 0. The summed E-state index contributed by atoms with van der Waals surface area (Å²) in [5.41, 5.74) is 6.05. The lowest BCUT2D eigenvalue weighted by molar-refractivity contribution is 0.0914. The van der Waals surface area contributed by atoms with Crippen LogP contribution in [0, 0.1) is 0 Å². The van der Waals surface area contributed by atoms with E-state index in [0.29, 0.717) is 6.04 Å². The number of piperidine rings is 2. The van der Waals surface area contributed by atoms with Crippen LogP contribution in [0.2, 0.25) is 0 Å². The number of nitrogens with zero attached hydrogens (tertiary/aromatic N) is 1. The maximum Gasteiger partial charge on any atom is 0.0247 e. The Bertz CT molecular complexity index is 134. The summed E-state index contributed by atoms with van der Waals surface area (Å²) in [5, 5.41) is 0. The highest BCUT2D eigenvalue weighted by molar-refractivity contribution is 4.89. The van der Waals surface area contributed by atoms with E-state index < -0.39 is 0 Å². The van der Waals surface area contributed by atoms with Gasteiger partial charge in [-0.2, -0.15) is 0 Å². The van der Waals surface area contributed by atoms with Crippen LogP contribution >= 0.6 is 0 Å². The lowest BCUT2D eigenvalue weighted by Crippen LogP contribution is -2.53. The van der Waals surface area contributed by atoms with Crippen LogP contribution in [0.4, 0.5) is 0 Å². The van der Waals surface area contributed by atoms with Crippen LogP contribution in [-0.4, -0.2) is 30.1 Å². The maximum atomic E-state index is 6.05. The van der Waals surface area contributed by atoms with E-state index >= 15 is 0 Å². The van der Waals surface area contributed by atoms with Gasteiger partial charge in [0.25, 0.3) is 0 Å². The van der Waals surface area contributed by atoms with Gasteiger partial charge in [0.05, 0.1) is 0 Å². The second kappa shape index (κ2) is 3.11. The van der Waals surface area contributed by atoms with Crippen LogP contribution in [0.15, 0.2) is 0 Å². The lowest BCUT2D eigenvalue weighted by atomic mass is 9.89. The summed E-state index contributed by atoms with van der Waals surface area (Å²) in [6, 6.07) is 1.21. The number of hydrogen-bond donors (Lipinski definition) is 1. The molecule has 2 saturated heterocycles. The molecule has 2 N–H and O–H groups in total. The molecule has 0 aromatic rings. The topological polar surface area (TPSA) is 29.3 Å². The van der Waals surface area contributed by atoms with Gasteiger partial charge in [0.2, 0.25) is 0 Å². The molecule has 0 amide bonds. The standard InChI is InChI=1S/C9H18N2/c10-8-4-3-7-11-6-2-1-5-9(8)11/h8-9H,1-7,10H2/t8-,9-/m1/s1. The van der Waals surface area contributed by atoms with Gasteiger partial charge in [0.15, 0.2) is 0 Å². The lowest BCUT2D eigenvalue weighted by Gasteiger charge is -2.42. The Hall–Kier alpha value is -0.0800. The van der Waals surface area contributed by atoms with Crippen LogP contribution in [0.3, 0.4) is 0 Å². The van der Waals surface area contributed by atoms with Crippen molar-refractivity contribution in [1.82, 2.24) is 4.90 Å². The van der Waals surface area contributed by atoms with Crippen molar-refractivity contribution in [2.45, 2.75) is 44.2 Å². The zero-order valence-corrected chi connectivity index (χ0v) is 7.13. The molecular weight excluding hydrogens is 136 g/mol. The van der Waals surface area contributed by atoms with E-state index in [-0.39, 0.29) is 0 Å². The second-order valence-corrected chi connectivity index (χ2v) is 3.91. The number of hydrogen-bond acceptors (Lipinski definition) is 2. The molecule has 2 rings (SSSR count). The van der Waals surface area contributed by atoms with Gasteiger partial charge in [-0.25, -0.2) is 0 Å². The summed E-state index contributed by atoms with van der Waals surface area (Å²) in [6.45, 7) is 2.61. The van der Waals surface area contributed by atoms with Gasteiger partial charge in [-0.3, -0.25) is 4.90 Å². The second-order valence-electron chi connectivity index (χ2n) is 3.91. The number of nitrogens with two attached hydrogens (primary N) is 1. The highest BCUT2D eigenvalue weighted by atomic mass is 15.2. The highest BCUT2D eigenvalue weighted by Gasteiger charge is 2.30. The average molecular weight is 154 g/mol. The molecule has 11 heavy (non-hydrogen) atoms. The molecule has 0 aromatic carbocycles. The van der Waals surface area contributed by atoms with Crippen LogP contribution in [0.5, 0.6) is 0 Å². The summed E-state index contributed by atoms with van der Waals surface area (Å²) < 4.78 is 0. The molecule has 0 aliphatic carbocycles. The predicted molar refractivity (Wildman–Crippen MR) is 46.4 cm³/mol. The minimum Gasteiger partial charge on any atom is -0.326 e. The van der Waals surface area contributed by atoms with E-state index in [0.717, 1.165) is 6.04 Å². The Morgan fingerprint density at radius 3 is 2.64 bits per heavy atom. The van der Waals surface area contributed by atoms with Crippen molar-refractivity contribution in [2.75, 3.05) is 13.1 Å². The van der Waals surface area contributed by atoms with Crippen molar-refractivity contribution in [2.24, 2.45) is 5.73 Å². The average Bonchev–Trinajstić information content (AvgIpc) is 2.06. The molecule has 0 radical (unpaired) electrons. The minimum atomic E-state index is 0.476. The fourth-order valence-corrected chi connectivity index (χ4v) is 2.50. The number of rotatable bonds is 0. The van der Waals surface area contributed by atoms with Gasteiger partial charge in [-0.05, 0) is 38.8 Å². The summed E-state index contributed by atoms with van der Waals surface area (Å²) in [5.74, 6) is 0. The third-order valence-corrected chi connectivity index (χ3v) is 3.14. The first kappa shape index (κ1) is 7.56. The van der Waals surface area contributed by atoms with E-state index in [9.17, 15) is 0 Å². The minimum absolute atomic E-state index is 0.476. The molecule has 2 heteroatoms. The summed E-state index contributed by atoms with van der Waals surface area (Å²) in [4.78, 5) is 2.59. The van der Waals surface area contributed by atoms with Crippen molar-refractivity contribution >= 4 is 0 Å². The van der Waals surface area contributed by atoms with Crippen molar-refractivity contribution < 1.29 is 0 Å². The first-order valence-electron chi connectivity index (χ1n) is 4.87. The van der Waals surface area contributed by atoms with Gasteiger partial charge in [-0.15, -0.1) is 0 Å². The molecule has 2 atom stereocenters. The van der Waals surface area contributed by atoms with E-state index in [1.165, 1.54) is 45.2 Å². The Kier molecular flexibility index (Phi) is 2.14. The third kappa shape index (κ3) is 1.42. The normalized spacial score (nSPS) is 40.1. The number of fused-ring (bicyclic) bond motifs is 1. The molecule has 64 valence electrons. The monoisotopic (exact) mass is 154 g/mol. The summed E-state index contributed by atoms with van der Waals surface area (Å²) in [7, 11) is 0. The smallest absolute Gasteiger partial charge is 0.0247 e. The van der Waals surface area contributed by atoms with Crippen LogP contribution in [0.25, 0.3) is 0 Å². The van der Waals surface area contributed by atoms with Crippen molar-refractivity contribution in [1.29, 1.82) is 0 Å². The fourth-order valence-electron chi connectivity index (χ4n) is 2.50. The zero-order chi connectivity index (χ0) is 7.68. The molecule has 2 fully saturated rings. The third-order valence-electron chi connectivity index (χ3n) is 3.14. The highest BCUT2D eigenvalue weighted by Crippen LogP contribution is 2.24. The first-order valence-corrected chi connectivity index (χ1v) is 4.87. The van der Waals surface area contributed by atoms with Gasteiger partial charge >= 0.3 is 0 Å². The van der Waals surface area contributed by atoms with E-state index in [4.69, 9.17) is 5.73 Å². The molecule has 0 bridgehead atoms. The van der Waals surface area contributed by atoms with Crippen molar-refractivity contribution in [3.63, 3.8) is 0 Å². The molecule has 0 spiro atoms. The SMILES string of the molecule is N[C@@H]1CCCN2CCCC[C@H]12. The predicted octanol–water partition coefficient (Wildman–Crippen LogP) is 0.962. The Balaban J connectivity index is 1.99. The van der Waals surface area contributed by atoms with Crippen LogP contribution in [0.1, 0.15) is 32.1 Å². The Morgan fingerprint density at radius 1 is 1.00 bits per heavy atom. The molecule has 0 aromatic heterocycles. The Morgan fingerprint density at radius 2 is 1.82 bits per heavy atom. The van der Waals surface area contributed by atoms with Gasteiger partial charge in [0, 0.05) is 12.1 Å². The van der Waals surface area contributed by atoms with Crippen LogP contribution < -0.4 is 5.73 Å². The molecule has 0 unspecified atom stereocenters. The van der Waals surface area contributed by atoms with E-state index in [1.54, 1.807) is 0 Å². The van der Waals surface area contributed by atoms with Gasteiger partial charge in [-0.1, -0.05) is 6.42 Å². The molecule has 2 nitrogen and oxygen atoms in total. The summed E-state index contributed by atoms with van der Waals surface area (Å²) in [6.07, 6.45) is 6.71. The maximum absolute atomic E-state index is 6.05. The van der Waals surface area contributed by atoms with Crippen molar-refractivity contribution in [3.05, 3.63) is 0 Å². The van der Waals surface area contributed by atoms with Crippen molar-refractivity contribution in [3.8, 4) is 0 Å². The zero-order valence-electron chi connectivity index (χ0n) is 7.13. The quantitative estimate of drug-likeness (QED) is 0.563. The van der Waals surface area contributed by atoms with Gasteiger partial charge < -0.3 is 5.73 Å². The fraction of sp³-hybridized carbons (Fsp3) is 1.00. The molecule has 2 aliphatic heterocycles. The largest absolute Gasteiger partial charge is 0.326 e. The van der Waals surface area contributed by atoms with E-state index in [2.05, 4.69) is 4.90 Å². The molecule has 2 heterocycles. The first-order chi connectivity index (χ1) is 5.38. The molecular formula is C9H18N2. The van der Waals surface area contributed by atoms with Crippen LogP contribution in [-0.2, 0) is 0 Å².